The summed E-state index contributed by atoms with van der Waals surface area (Å²) in [5, 5.41) is 9.39. The van der Waals surface area contributed by atoms with Gasteiger partial charge in [0.2, 0.25) is 0 Å². The molecule has 1 N–H and O–H groups in total. The van der Waals surface area contributed by atoms with Crippen LogP contribution in [0.15, 0.2) is 29.3 Å². The van der Waals surface area contributed by atoms with E-state index in [9.17, 15) is 0 Å². The third-order valence-electron chi connectivity index (χ3n) is 1.92. The maximum absolute atomic E-state index is 7.37. The van der Waals surface area contributed by atoms with Crippen molar-refractivity contribution in [2.24, 2.45) is 4.99 Å². The Hall–Kier alpha value is -0.750. The smallest absolute Gasteiger partial charge is 0.126 e. The Balaban J connectivity index is 2.78. The minimum absolute atomic E-state index is 0.913. The summed E-state index contributed by atoms with van der Waals surface area (Å²) in [5.74, 6) is 0. The molecule has 1 aromatic carbocycles. The summed E-state index contributed by atoms with van der Waals surface area (Å²) in [6.45, 7) is 0. The highest BCUT2D eigenvalue weighted by molar-refractivity contribution is 14.1. The first-order valence-corrected chi connectivity index (χ1v) is 6.08. The van der Waals surface area contributed by atoms with Crippen molar-refractivity contribution in [3.63, 3.8) is 0 Å². The fourth-order valence-corrected chi connectivity index (χ4v) is 2.83. The highest BCUT2D eigenvalue weighted by Gasteiger charge is 2.07. The van der Waals surface area contributed by atoms with Crippen molar-refractivity contribution in [1.82, 2.24) is 0 Å². The van der Waals surface area contributed by atoms with Crippen LogP contribution in [-0.2, 0) is 0 Å². The highest BCUT2D eigenvalue weighted by Crippen LogP contribution is 2.36. The van der Waals surface area contributed by atoms with E-state index in [0.717, 1.165) is 16.0 Å². The van der Waals surface area contributed by atoms with Gasteiger partial charge in [0.1, 0.15) is 5.00 Å². The van der Waals surface area contributed by atoms with Crippen LogP contribution in [0.5, 0.6) is 0 Å². The molecule has 1 aromatic heterocycles. The number of nitrogens with zero attached hydrogens (tertiary/aromatic N) is 1. The summed E-state index contributed by atoms with van der Waals surface area (Å²) in [7, 11) is 0. The number of hydrogen-bond acceptors (Lipinski definition) is 3. The van der Waals surface area contributed by atoms with Gasteiger partial charge in [-0.15, -0.1) is 11.3 Å². The Morgan fingerprint density at radius 2 is 2.14 bits per heavy atom. The molecule has 2 aromatic rings. The second kappa shape index (κ2) is 4.18. The SMILES string of the molecule is N=Cc1c(N=CI)sc2ccccc12. The van der Waals surface area contributed by atoms with Crippen molar-refractivity contribution in [2.75, 3.05) is 0 Å². The molecule has 0 amide bonds. The molecule has 0 unspecified atom stereocenters. The largest absolute Gasteiger partial charge is 0.308 e. The number of halogens is 1. The Morgan fingerprint density at radius 1 is 1.36 bits per heavy atom. The van der Waals surface area contributed by atoms with Crippen molar-refractivity contribution in [3.8, 4) is 0 Å². The lowest BCUT2D eigenvalue weighted by Gasteiger charge is -1.89. The topological polar surface area (TPSA) is 36.2 Å². The van der Waals surface area contributed by atoms with E-state index in [0.29, 0.717) is 0 Å². The van der Waals surface area contributed by atoms with E-state index in [2.05, 4.69) is 33.6 Å². The molecule has 2 rings (SSSR count). The maximum atomic E-state index is 7.37. The van der Waals surface area contributed by atoms with Gasteiger partial charge in [-0.25, -0.2) is 4.99 Å². The Kier molecular flexibility index (Phi) is 2.93. The van der Waals surface area contributed by atoms with Crippen molar-refractivity contribution < 1.29 is 0 Å². The Labute approximate surface area is 99.3 Å². The van der Waals surface area contributed by atoms with Gasteiger partial charge in [-0.3, -0.25) is 0 Å². The van der Waals surface area contributed by atoms with Crippen LogP contribution >= 0.6 is 33.9 Å². The van der Waals surface area contributed by atoms with Gasteiger partial charge in [0.05, 0.1) is 4.22 Å². The van der Waals surface area contributed by atoms with Gasteiger partial charge < -0.3 is 5.41 Å². The Morgan fingerprint density at radius 3 is 2.86 bits per heavy atom. The van der Waals surface area contributed by atoms with Crippen LogP contribution in [0.2, 0.25) is 0 Å². The summed E-state index contributed by atoms with van der Waals surface area (Å²) in [4.78, 5) is 4.24. The van der Waals surface area contributed by atoms with Crippen LogP contribution in [0.4, 0.5) is 5.00 Å². The molecule has 2 nitrogen and oxygen atoms in total. The van der Waals surface area contributed by atoms with Gasteiger partial charge >= 0.3 is 0 Å². The summed E-state index contributed by atoms with van der Waals surface area (Å²) >= 11 is 3.71. The molecule has 0 aliphatic carbocycles. The average Bonchev–Trinajstić information content (AvgIpc) is 2.55. The Bertz CT molecular complexity index is 502. The first kappa shape index (κ1) is 9.79. The van der Waals surface area contributed by atoms with E-state index in [1.54, 1.807) is 15.6 Å². The van der Waals surface area contributed by atoms with Gasteiger partial charge in [-0.05, 0) is 28.7 Å². The summed E-state index contributed by atoms with van der Waals surface area (Å²) < 4.78 is 2.91. The van der Waals surface area contributed by atoms with E-state index < -0.39 is 0 Å². The zero-order valence-corrected chi connectivity index (χ0v) is 10.2. The molecule has 0 aliphatic heterocycles. The molecule has 0 atom stereocenters. The number of benzene rings is 1. The summed E-state index contributed by atoms with van der Waals surface area (Å²) in [6.07, 6.45) is 1.37. The second-order valence-electron chi connectivity index (χ2n) is 2.69. The molecule has 4 heteroatoms. The zero-order valence-electron chi connectivity index (χ0n) is 7.20. The number of nitrogens with one attached hydrogen (secondary N) is 1. The van der Waals surface area contributed by atoms with E-state index in [1.165, 1.54) is 10.9 Å². The van der Waals surface area contributed by atoms with Gasteiger partial charge in [0.25, 0.3) is 0 Å². The second-order valence-corrected chi connectivity index (χ2v) is 4.28. The molecule has 1 heterocycles. The van der Waals surface area contributed by atoms with Crippen molar-refractivity contribution >= 4 is 59.5 Å². The number of thiophene rings is 1. The third-order valence-corrected chi connectivity index (χ3v) is 3.30. The van der Waals surface area contributed by atoms with Gasteiger partial charge in [0.15, 0.2) is 0 Å². The van der Waals surface area contributed by atoms with Crippen molar-refractivity contribution in [2.45, 2.75) is 0 Å². The fourth-order valence-electron chi connectivity index (χ4n) is 1.33. The monoisotopic (exact) mass is 314 g/mol. The lowest BCUT2D eigenvalue weighted by molar-refractivity contribution is 1.55. The lowest BCUT2D eigenvalue weighted by Crippen LogP contribution is -1.75. The zero-order chi connectivity index (χ0) is 9.97. The number of fused-ring (bicyclic) bond motifs is 1. The van der Waals surface area contributed by atoms with Crippen LogP contribution in [-0.4, -0.2) is 10.4 Å². The molecular formula is C10H7IN2S. The van der Waals surface area contributed by atoms with Crippen molar-refractivity contribution in [1.29, 1.82) is 5.41 Å². The first-order chi connectivity index (χ1) is 6.86. The molecule has 0 aliphatic rings. The van der Waals surface area contributed by atoms with Gasteiger partial charge in [-0.1, -0.05) is 18.2 Å². The molecular weight excluding hydrogens is 307 g/mol. The van der Waals surface area contributed by atoms with Crippen LogP contribution in [0.25, 0.3) is 10.1 Å². The quantitative estimate of drug-likeness (QED) is 0.643. The molecule has 14 heavy (non-hydrogen) atoms. The molecule has 0 saturated carbocycles. The average molecular weight is 314 g/mol. The molecule has 0 radical (unpaired) electrons. The normalized spacial score (nSPS) is 11.2. The van der Waals surface area contributed by atoms with Crippen LogP contribution in [0.3, 0.4) is 0 Å². The minimum atomic E-state index is 0.913. The molecule has 0 spiro atoms. The predicted octanol–water partition coefficient (Wildman–Crippen LogP) is 3.99. The van der Waals surface area contributed by atoms with E-state index in [1.807, 2.05) is 18.2 Å². The third kappa shape index (κ3) is 1.59. The van der Waals surface area contributed by atoms with Gasteiger partial charge in [0, 0.05) is 21.9 Å². The predicted molar refractivity (Wildman–Crippen MR) is 71.9 cm³/mol. The van der Waals surface area contributed by atoms with Crippen molar-refractivity contribution in [3.05, 3.63) is 29.8 Å². The number of rotatable bonds is 2. The molecule has 0 saturated heterocycles. The van der Waals surface area contributed by atoms with E-state index in [-0.39, 0.29) is 0 Å². The molecule has 0 fully saturated rings. The van der Waals surface area contributed by atoms with Crippen LogP contribution in [0, 0.1) is 5.41 Å². The highest BCUT2D eigenvalue weighted by atomic mass is 127. The minimum Gasteiger partial charge on any atom is -0.308 e. The van der Waals surface area contributed by atoms with Crippen LogP contribution in [0.1, 0.15) is 5.56 Å². The van der Waals surface area contributed by atoms with E-state index >= 15 is 0 Å². The fraction of sp³-hybridized carbons (Fsp3) is 0. The molecule has 0 bridgehead atoms. The lowest BCUT2D eigenvalue weighted by atomic mass is 10.2. The number of aliphatic imine (C=N–C) groups is 1. The first-order valence-electron chi connectivity index (χ1n) is 4.01. The van der Waals surface area contributed by atoms with Gasteiger partial charge in [-0.2, -0.15) is 0 Å². The molecule has 70 valence electrons. The summed E-state index contributed by atoms with van der Waals surface area (Å²) in [6, 6.07) is 8.07. The standard InChI is InChI=1S/C10H7IN2S/c11-6-13-10-8(5-12)7-3-1-2-4-9(7)14-10/h1-6,12H. The summed E-state index contributed by atoms with van der Waals surface area (Å²) in [5.41, 5.74) is 0.915. The van der Waals surface area contributed by atoms with Crippen LogP contribution < -0.4 is 0 Å². The number of hydrogen-bond donors (Lipinski definition) is 1. The maximum Gasteiger partial charge on any atom is 0.126 e. The van der Waals surface area contributed by atoms with E-state index in [4.69, 9.17) is 5.41 Å².